The van der Waals surface area contributed by atoms with Crippen LogP contribution in [-0.2, 0) is 10.0 Å². The topological polar surface area (TPSA) is 75.4 Å². The van der Waals surface area contributed by atoms with E-state index in [9.17, 15) is 8.42 Å². The van der Waals surface area contributed by atoms with E-state index in [0.717, 1.165) is 11.3 Å². The van der Waals surface area contributed by atoms with Crippen LogP contribution in [0, 0.1) is 25.7 Å². The molecule has 0 aliphatic carbocycles. The van der Waals surface area contributed by atoms with E-state index in [0.29, 0.717) is 5.69 Å². The highest BCUT2D eigenvalue weighted by Gasteiger charge is 2.23. The minimum absolute atomic E-state index is 0.0157. The van der Waals surface area contributed by atoms with Gasteiger partial charge in [0.05, 0.1) is 6.54 Å². The summed E-state index contributed by atoms with van der Waals surface area (Å²) in [5.74, 6) is 5.99. The van der Waals surface area contributed by atoms with E-state index in [1.807, 2.05) is 43.3 Å². The molecule has 2 aromatic rings. The van der Waals surface area contributed by atoms with E-state index in [1.54, 1.807) is 13.8 Å². The molecule has 23 heavy (non-hydrogen) atoms. The fourth-order valence-corrected chi connectivity index (χ4v) is 3.30. The van der Waals surface area contributed by atoms with E-state index in [2.05, 4.69) is 21.7 Å². The summed E-state index contributed by atoms with van der Waals surface area (Å²) in [6.07, 6.45) is 0. The van der Waals surface area contributed by atoms with Gasteiger partial charge in [-0.1, -0.05) is 17.0 Å². The van der Waals surface area contributed by atoms with E-state index >= 15 is 0 Å². The Balaban J connectivity index is 2.03. The zero-order valence-electron chi connectivity index (χ0n) is 13.5. The Hall–Kier alpha value is -2.30. The first-order valence-electron chi connectivity index (χ1n) is 7.00. The molecule has 122 valence electrons. The standard InChI is InChI=1S/C16H19N3O3S/c1-12-16(13(2)22-18-12)23(20,21)17-11-5-6-14-7-9-15(10-8-14)19(3)4/h7-10,17H,11H2,1-4H3. The zero-order valence-corrected chi connectivity index (χ0v) is 14.4. The van der Waals surface area contributed by atoms with Crippen LogP contribution in [0.4, 0.5) is 5.69 Å². The molecule has 1 aromatic carbocycles. The van der Waals surface area contributed by atoms with Gasteiger partial charge in [-0.05, 0) is 38.1 Å². The minimum atomic E-state index is -3.67. The van der Waals surface area contributed by atoms with E-state index in [4.69, 9.17) is 4.52 Å². The highest BCUT2D eigenvalue weighted by molar-refractivity contribution is 7.89. The molecule has 0 fully saturated rings. The number of benzene rings is 1. The third kappa shape index (κ3) is 4.12. The number of hydrogen-bond donors (Lipinski definition) is 1. The quantitative estimate of drug-likeness (QED) is 0.862. The first-order valence-corrected chi connectivity index (χ1v) is 8.48. The van der Waals surface area contributed by atoms with Crippen LogP contribution in [0.1, 0.15) is 17.0 Å². The zero-order chi connectivity index (χ0) is 17.0. The molecule has 1 heterocycles. The van der Waals surface area contributed by atoms with Crippen molar-refractivity contribution in [2.24, 2.45) is 0 Å². The van der Waals surface area contributed by atoms with Crippen LogP contribution in [0.5, 0.6) is 0 Å². The lowest BCUT2D eigenvalue weighted by atomic mass is 10.2. The van der Waals surface area contributed by atoms with Crippen LogP contribution in [0.3, 0.4) is 0 Å². The third-order valence-corrected chi connectivity index (χ3v) is 4.85. The Bertz CT molecular complexity index is 821. The Morgan fingerprint density at radius 3 is 2.39 bits per heavy atom. The van der Waals surface area contributed by atoms with Gasteiger partial charge in [0.1, 0.15) is 10.6 Å². The van der Waals surface area contributed by atoms with Gasteiger partial charge in [-0.3, -0.25) is 0 Å². The van der Waals surface area contributed by atoms with Crippen molar-refractivity contribution in [1.82, 2.24) is 9.88 Å². The van der Waals surface area contributed by atoms with Crippen LogP contribution < -0.4 is 9.62 Å². The molecule has 0 atom stereocenters. The fraction of sp³-hybridized carbons (Fsp3) is 0.312. The summed E-state index contributed by atoms with van der Waals surface area (Å²) in [6, 6.07) is 7.70. The van der Waals surface area contributed by atoms with Crippen molar-refractivity contribution >= 4 is 15.7 Å². The molecule has 0 saturated carbocycles. The van der Waals surface area contributed by atoms with Gasteiger partial charge in [-0.15, -0.1) is 0 Å². The van der Waals surface area contributed by atoms with Crippen LogP contribution in [0.15, 0.2) is 33.7 Å². The molecule has 1 aromatic heterocycles. The summed E-state index contributed by atoms with van der Waals surface area (Å²) >= 11 is 0. The van der Waals surface area contributed by atoms with Crippen LogP contribution in [-0.4, -0.2) is 34.2 Å². The summed E-state index contributed by atoms with van der Waals surface area (Å²) < 4.78 is 31.7. The average Bonchev–Trinajstić information content (AvgIpc) is 2.84. The molecule has 0 spiro atoms. The second-order valence-electron chi connectivity index (χ2n) is 5.22. The van der Waals surface area contributed by atoms with Crippen LogP contribution in [0.25, 0.3) is 0 Å². The van der Waals surface area contributed by atoms with E-state index < -0.39 is 10.0 Å². The maximum absolute atomic E-state index is 12.2. The number of aryl methyl sites for hydroxylation is 2. The van der Waals surface area contributed by atoms with Crippen molar-refractivity contribution in [2.45, 2.75) is 18.7 Å². The van der Waals surface area contributed by atoms with E-state index in [1.165, 1.54) is 0 Å². The van der Waals surface area contributed by atoms with Crippen molar-refractivity contribution in [3.8, 4) is 11.8 Å². The maximum atomic E-state index is 12.2. The summed E-state index contributed by atoms with van der Waals surface area (Å²) in [5.41, 5.74) is 2.24. The van der Waals surface area contributed by atoms with Crippen molar-refractivity contribution in [2.75, 3.05) is 25.5 Å². The van der Waals surface area contributed by atoms with Gasteiger partial charge in [0.25, 0.3) is 0 Å². The number of sulfonamides is 1. The number of nitrogens with one attached hydrogen (secondary N) is 1. The summed E-state index contributed by atoms with van der Waals surface area (Å²) in [5, 5.41) is 3.65. The molecule has 0 saturated heterocycles. The summed E-state index contributed by atoms with van der Waals surface area (Å²) in [4.78, 5) is 2.07. The Morgan fingerprint density at radius 2 is 1.87 bits per heavy atom. The normalized spacial score (nSPS) is 11.0. The second-order valence-corrected chi connectivity index (χ2v) is 6.92. The third-order valence-electron chi connectivity index (χ3n) is 3.20. The van der Waals surface area contributed by atoms with Gasteiger partial charge in [-0.25, -0.2) is 8.42 Å². The van der Waals surface area contributed by atoms with Crippen molar-refractivity contribution < 1.29 is 12.9 Å². The van der Waals surface area contributed by atoms with Gasteiger partial charge in [0.2, 0.25) is 10.0 Å². The molecular weight excluding hydrogens is 314 g/mol. The van der Waals surface area contributed by atoms with Crippen LogP contribution in [0.2, 0.25) is 0 Å². The largest absolute Gasteiger partial charge is 0.378 e. The molecule has 1 N–H and O–H groups in total. The van der Waals surface area contributed by atoms with Gasteiger partial charge >= 0.3 is 0 Å². The molecule has 0 bridgehead atoms. The molecule has 0 unspecified atom stereocenters. The minimum Gasteiger partial charge on any atom is -0.378 e. The van der Waals surface area contributed by atoms with Gasteiger partial charge in [0.15, 0.2) is 5.76 Å². The molecule has 0 aliphatic rings. The Morgan fingerprint density at radius 1 is 1.22 bits per heavy atom. The number of rotatable bonds is 4. The first kappa shape index (κ1) is 17.1. The van der Waals surface area contributed by atoms with Crippen molar-refractivity contribution in [3.63, 3.8) is 0 Å². The number of anilines is 1. The van der Waals surface area contributed by atoms with Gasteiger partial charge in [-0.2, -0.15) is 4.72 Å². The first-order chi connectivity index (χ1) is 10.8. The second kappa shape index (κ2) is 6.86. The number of aromatic nitrogens is 1. The lowest BCUT2D eigenvalue weighted by Crippen LogP contribution is -2.24. The van der Waals surface area contributed by atoms with Gasteiger partial charge < -0.3 is 9.42 Å². The van der Waals surface area contributed by atoms with Gasteiger partial charge in [0, 0.05) is 25.3 Å². The predicted octanol–water partition coefficient (Wildman–Crippen LogP) is 1.69. The fourth-order valence-electron chi connectivity index (χ4n) is 2.05. The number of hydrogen-bond acceptors (Lipinski definition) is 5. The number of nitrogens with zero attached hydrogens (tertiary/aromatic N) is 2. The van der Waals surface area contributed by atoms with Crippen LogP contribution >= 0.6 is 0 Å². The monoisotopic (exact) mass is 333 g/mol. The summed E-state index contributed by atoms with van der Waals surface area (Å²) in [7, 11) is 0.259. The SMILES string of the molecule is Cc1noc(C)c1S(=O)(=O)NCC#Cc1ccc(N(C)C)cc1. The Labute approximate surface area is 136 Å². The predicted molar refractivity (Wildman–Crippen MR) is 88.8 cm³/mol. The molecule has 0 amide bonds. The highest BCUT2D eigenvalue weighted by Crippen LogP contribution is 2.18. The summed E-state index contributed by atoms with van der Waals surface area (Å²) in [6.45, 7) is 3.16. The van der Waals surface area contributed by atoms with Crippen molar-refractivity contribution in [3.05, 3.63) is 41.3 Å². The molecule has 6 nitrogen and oxygen atoms in total. The van der Waals surface area contributed by atoms with E-state index in [-0.39, 0.29) is 17.2 Å². The average molecular weight is 333 g/mol. The molecule has 0 aliphatic heterocycles. The smallest absolute Gasteiger partial charge is 0.246 e. The van der Waals surface area contributed by atoms with Crippen molar-refractivity contribution in [1.29, 1.82) is 0 Å². The Kier molecular flexibility index (Phi) is 5.08. The molecule has 0 radical (unpaired) electrons. The molecular formula is C16H19N3O3S. The lowest BCUT2D eigenvalue weighted by molar-refractivity contribution is 0.390. The molecule has 7 heteroatoms. The maximum Gasteiger partial charge on any atom is 0.246 e. The lowest BCUT2D eigenvalue weighted by Gasteiger charge is -2.11. The molecule has 2 rings (SSSR count). The highest BCUT2D eigenvalue weighted by atomic mass is 32.2.